The van der Waals surface area contributed by atoms with Gasteiger partial charge in [-0.2, -0.15) is 0 Å². The summed E-state index contributed by atoms with van der Waals surface area (Å²) in [7, 11) is 0. The van der Waals surface area contributed by atoms with Crippen molar-refractivity contribution in [2.75, 3.05) is 13.1 Å². The number of benzene rings is 2. The predicted octanol–water partition coefficient (Wildman–Crippen LogP) is 6.56. The lowest BCUT2D eigenvalue weighted by Gasteiger charge is -2.30. The van der Waals surface area contributed by atoms with E-state index < -0.39 is 18.1 Å². The normalized spacial score (nSPS) is 14.5. The number of piperidine rings is 1. The summed E-state index contributed by atoms with van der Waals surface area (Å²) in [4.78, 5) is 34.0. The highest BCUT2D eigenvalue weighted by atomic mass is 35.5. The molecule has 0 bridgehead atoms. The van der Waals surface area contributed by atoms with Crippen molar-refractivity contribution in [3.05, 3.63) is 88.8 Å². The number of hydrogen-bond acceptors (Lipinski definition) is 7. The van der Waals surface area contributed by atoms with Crippen molar-refractivity contribution in [3.8, 4) is 27.6 Å². The van der Waals surface area contributed by atoms with Crippen molar-refractivity contribution in [2.24, 2.45) is 5.73 Å². The molecule has 4 heterocycles. The van der Waals surface area contributed by atoms with Gasteiger partial charge in [0.05, 0.1) is 16.1 Å². The number of carboxylic acid groups (broad SMARTS) is 1. The first-order chi connectivity index (χ1) is 20.8. The topological polar surface area (TPSA) is 133 Å². The monoisotopic (exact) mass is 617 g/mol. The third-order valence-corrected chi connectivity index (χ3v) is 8.98. The number of carbonyl (C=O) groups excluding carboxylic acids is 1. The van der Waals surface area contributed by atoms with Gasteiger partial charge in [-0.1, -0.05) is 29.8 Å². The first kappa shape index (κ1) is 28.5. The van der Waals surface area contributed by atoms with Crippen LogP contribution < -0.4 is 15.2 Å². The van der Waals surface area contributed by atoms with Gasteiger partial charge in [0.25, 0.3) is 5.91 Å². The van der Waals surface area contributed by atoms with Crippen LogP contribution in [0.15, 0.2) is 73.3 Å². The number of likely N-dealkylation sites (tertiary alicyclic amines) is 1. The van der Waals surface area contributed by atoms with Gasteiger partial charge >= 0.3 is 6.09 Å². The molecule has 3 aromatic heterocycles. The Bertz CT molecular complexity index is 1800. The SMILES string of the molecule is C[C@@H](Oc1cc(-n2cnc3cc(-c4ccncc4)ccc32)sc1C(N)=O)c1cccc(OC2CCN(C(=O)O)CC2)c1Cl. The summed E-state index contributed by atoms with van der Waals surface area (Å²) in [5.74, 6) is 0.248. The highest BCUT2D eigenvalue weighted by Crippen LogP contribution is 2.39. The van der Waals surface area contributed by atoms with Crippen molar-refractivity contribution in [1.29, 1.82) is 0 Å². The van der Waals surface area contributed by atoms with Gasteiger partial charge in [-0.25, -0.2) is 9.78 Å². The summed E-state index contributed by atoms with van der Waals surface area (Å²) in [6.07, 6.45) is 4.76. The minimum atomic E-state index is -0.923. The lowest BCUT2D eigenvalue weighted by atomic mass is 10.1. The molecular formula is C31H28ClN5O5S. The molecule has 1 saturated heterocycles. The summed E-state index contributed by atoms with van der Waals surface area (Å²) in [6.45, 7) is 2.66. The Morgan fingerprint density at radius 2 is 1.84 bits per heavy atom. The van der Waals surface area contributed by atoms with E-state index in [1.165, 1.54) is 16.2 Å². The van der Waals surface area contributed by atoms with E-state index in [9.17, 15) is 14.7 Å². The fourth-order valence-corrected chi connectivity index (χ4v) is 6.43. The van der Waals surface area contributed by atoms with Gasteiger partial charge < -0.3 is 25.2 Å². The third-order valence-electron chi connectivity index (χ3n) is 7.45. The molecule has 0 unspecified atom stereocenters. The van der Waals surface area contributed by atoms with Crippen LogP contribution in [0.3, 0.4) is 0 Å². The van der Waals surface area contributed by atoms with Crippen LogP contribution in [0.5, 0.6) is 11.5 Å². The zero-order valence-electron chi connectivity index (χ0n) is 23.1. The molecule has 0 aliphatic carbocycles. The molecule has 3 N–H and O–H groups in total. The molecular weight excluding hydrogens is 590 g/mol. The minimum Gasteiger partial charge on any atom is -0.489 e. The molecule has 1 aliphatic heterocycles. The number of rotatable bonds is 8. The maximum Gasteiger partial charge on any atom is 0.407 e. The van der Waals surface area contributed by atoms with Crippen LogP contribution in [0.1, 0.15) is 41.1 Å². The van der Waals surface area contributed by atoms with Crippen LogP contribution in [0.25, 0.3) is 27.2 Å². The van der Waals surface area contributed by atoms with Gasteiger partial charge in [0, 0.05) is 50.0 Å². The molecule has 1 fully saturated rings. The Labute approximate surface area is 256 Å². The molecule has 0 saturated carbocycles. The number of halogens is 1. The summed E-state index contributed by atoms with van der Waals surface area (Å²) in [6, 6.07) is 17.1. The number of primary amides is 1. The van der Waals surface area contributed by atoms with Crippen molar-refractivity contribution in [2.45, 2.75) is 32.0 Å². The second-order valence-corrected chi connectivity index (χ2v) is 11.6. The Morgan fingerprint density at radius 1 is 1.07 bits per heavy atom. The van der Waals surface area contributed by atoms with Gasteiger partial charge in [0.15, 0.2) is 0 Å². The third kappa shape index (κ3) is 5.86. The summed E-state index contributed by atoms with van der Waals surface area (Å²) >= 11 is 7.99. The first-order valence-corrected chi connectivity index (χ1v) is 14.9. The van der Waals surface area contributed by atoms with Crippen molar-refractivity contribution >= 4 is 46.0 Å². The Hall–Kier alpha value is -4.61. The van der Waals surface area contributed by atoms with Gasteiger partial charge in [-0.15, -0.1) is 11.3 Å². The van der Waals surface area contributed by atoms with Crippen LogP contribution >= 0.6 is 22.9 Å². The lowest BCUT2D eigenvalue weighted by molar-refractivity contribution is 0.0892. The van der Waals surface area contributed by atoms with E-state index in [0.29, 0.717) is 48.0 Å². The van der Waals surface area contributed by atoms with Crippen LogP contribution in [-0.2, 0) is 0 Å². The molecule has 2 aromatic carbocycles. The number of thiophene rings is 1. The zero-order chi connectivity index (χ0) is 30.1. The quantitative estimate of drug-likeness (QED) is 0.201. The van der Waals surface area contributed by atoms with Gasteiger partial charge in [0.1, 0.15) is 39.9 Å². The average Bonchev–Trinajstić information content (AvgIpc) is 3.63. The Morgan fingerprint density at radius 3 is 2.56 bits per heavy atom. The molecule has 220 valence electrons. The van der Waals surface area contributed by atoms with Crippen molar-refractivity contribution in [1.82, 2.24) is 19.4 Å². The van der Waals surface area contributed by atoms with Crippen LogP contribution in [0, 0.1) is 0 Å². The molecule has 1 aliphatic rings. The molecule has 1 atom stereocenters. The standard InChI is InChI=1S/C31H28ClN5O5S/c1-18(22-3-2-4-25(28(22)32)42-21-9-13-36(14-10-21)31(39)40)41-26-16-27(43-29(26)30(33)38)37-17-35-23-15-20(5-6-24(23)37)19-7-11-34-12-8-19/h2-8,11-12,15-18,21H,9-10,13-14H2,1H3,(H2,33,38)(H,39,40)/t18-/m1/s1. The maximum absolute atomic E-state index is 12.4. The van der Waals surface area contributed by atoms with Crippen LogP contribution in [0.2, 0.25) is 5.02 Å². The van der Waals surface area contributed by atoms with Crippen molar-refractivity contribution in [3.63, 3.8) is 0 Å². The van der Waals surface area contributed by atoms with E-state index in [1.54, 1.807) is 30.9 Å². The number of pyridine rings is 1. The summed E-state index contributed by atoms with van der Waals surface area (Å²) in [5.41, 5.74) is 10.2. The minimum absolute atomic E-state index is 0.147. The molecule has 0 spiro atoms. The second-order valence-electron chi connectivity index (χ2n) is 10.2. The fourth-order valence-electron chi connectivity index (χ4n) is 5.18. The number of imidazole rings is 1. The number of nitrogens with two attached hydrogens (primary N) is 1. The van der Waals surface area contributed by atoms with Crippen LogP contribution in [-0.4, -0.2) is 55.7 Å². The molecule has 10 nitrogen and oxygen atoms in total. The lowest BCUT2D eigenvalue weighted by Crippen LogP contribution is -2.41. The molecule has 43 heavy (non-hydrogen) atoms. The van der Waals surface area contributed by atoms with Crippen molar-refractivity contribution < 1.29 is 24.2 Å². The van der Waals surface area contributed by atoms with Crippen LogP contribution in [0.4, 0.5) is 4.79 Å². The Balaban J connectivity index is 1.23. The maximum atomic E-state index is 12.4. The zero-order valence-corrected chi connectivity index (χ0v) is 24.7. The summed E-state index contributed by atoms with van der Waals surface area (Å²) < 4.78 is 14.3. The molecule has 5 aromatic rings. The van der Waals surface area contributed by atoms with E-state index in [0.717, 1.165) is 27.2 Å². The number of aromatic nitrogens is 3. The number of hydrogen-bond donors (Lipinski definition) is 2. The highest BCUT2D eigenvalue weighted by Gasteiger charge is 2.26. The number of ether oxygens (including phenoxy) is 2. The van der Waals surface area contributed by atoms with E-state index in [2.05, 4.69) is 9.97 Å². The fraction of sp³-hybridized carbons (Fsp3) is 0.226. The second kappa shape index (κ2) is 11.9. The Kier molecular flexibility index (Phi) is 7.92. The average molecular weight is 618 g/mol. The molecule has 0 radical (unpaired) electrons. The predicted molar refractivity (Wildman–Crippen MR) is 164 cm³/mol. The smallest absolute Gasteiger partial charge is 0.407 e. The van der Waals surface area contributed by atoms with Gasteiger partial charge in [-0.3, -0.25) is 14.3 Å². The number of fused-ring (bicyclic) bond motifs is 1. The number of nitrogens with zero attached hydrogens (tertiary/aromatic N) is 4. The number of carbonyl (C=O) groups is 2. The van der Waals surface area contributed by atoms with Gasteiger partial charge in [0.2, 0.25) is 0 Å². The van der Waals surface area contributed by atoms with Gasteiger partial charge in [-0.05, 0) is 48.4 Å². The number of amides is 2. The first-order valence-electron chi connectivity index (χ1n) is 13.7. The highest BCUT2D eigenvalue weighted by molar-refractivity contribution is 7.16. The van der Waals surface area contributed by atoms with E-state index >= 15 is 0 Å². The van der Waals surface area contributed by atoms with E-state index in [1.807, 2.05) is 54.0 Å². The molecule has 6 rings (SSSR count). The molecule has 2 amide bonds. The van der Waals surface area contributed by atoms with E-state index in [-0.39, 0.29) is 11.0 Å². The molecule has 12 heteroatoms. The largest absolute Gasteiger partial charge is 0.489 e. The summed E-state index contributed by atoms with van der Waals surface area (Å²) in [5, 5.41) is 10.3. The van der Waals surface area contributed by atoms with E-state index in [4.69, 9.17) is 26.8 Å².